The van der Waals surface area contributed by atoms with Crippen LogP contribution in [0, 0.1) is 5.82 Å². The second-order valence-electron chi connectivity index (χ2n) is 5.32. The number of halogens is 1. The third-order valence-corrected chi connectivity index (χ3v) is 3.54. The fourth-order valence-electron chi connectivity index (χ4n) is 2.29. The number of carbonyl (C=O) groups is 1. The number of nitrogens with one attached hydrogen (secondary N) is 1. The number of anilines is 1. The number of rotatable bonds is 5. The van der Waals surface area contributed by atoms with Crippen LogP contribution in [0.25, 0.3) is 11.3 Å². The molecule has 0 spiro atoms. The zero-order valence-corrected chi connectivity index (χ0v) is 13.8. The SMILES string of the molecule is COc1ccc(-c2ccc(=O)n(CC(=O)Nc3ccccn3)n2)c(F)c1. The molecule has 2 aromatic heterocycles. The monoisotopic (exact) mass is 354 g/mol. The quantitative estimate of drug-likeness (QED) is 0.758. The van der Waals surface area contributed by atoms with Crippen LogP contribution in [0.15, 0.2) is 59.5 Å². The summed E-state index contributed by atoms with van der Waals surface area (Å²) in [7, 11) is 1.44. The molecule has 0 saturated heterocycles. The molecule has 3 rings (SSSR count). The van der Waals surface area contributed by atoms with Gasteiger partial charge in [0.1, 0.15) is 23.9 Å². The Hall–Kier alpha value is -3.55. The lowest BCUT2D eigenvalue weighted by Gasteiger charge is -2.09. The molecule has 2 heterocycles. The minimum absolute atomic E-state index is 0.199. The summed E-state index contributed by atoms with van der Waals surface area (Å²) in [5, 5.41) is 6.65. The summed E-state index contributed by atoms with van der Waals surface area (Å²) in [6, 6.07) is 12.0. The minimum atomic E-state index is -0.542. The maximum Gasteiger partial charge on any atom is 0.267 e. The number of hydrogen-bond acceptors (Lipinski definition) is 5. The van der Waals surface area contributed by atoms with E-state index in [-0.39, 0.29) is 17.8 Å². The number of carbonyl (C=O) groups excluding carboxylic acids is 1. The number of ether oxygens (including phenoxy) is 1. The number of nitrogens with zero attached hydrogens (tertiary/aromatic N) is 3. The van der Waals surface area contributed by atoms with Crippen LogP contribution in [0.5, 0.6) is 5.75 Å². The molecule has 0 saturated carbocycles. The van der Waals surface area contributed by atoms with Gasteiger partial charge >= 0.3 is 0 Å². The van der Waals surface area contributed by atoms with E-state index in [4.69, 9.17) is 4.74 Å². The van der Waals surface area contributed by atoms with Gasteiger partial charge in [-0.3, -0.25) is 9.59 Å². The van der Waals surface area contributed by atoms with Gasteiger partial charge in [-0.25, -0.2) is 14.1 Å². The van der Waals surface area contributed by atoms with Crippen molar-refractivity contribution in [1.82, 2.24) is 14.8 Å². The third-order valence-electron chi connectivity index (χ3n) is 3.54. The summed E-state index contributed by atoms with van der Waals surface area (Å²) in [6.07, 6.45) is 1.53. The Morgan fingerprint density at radius 2 is 2.08 bits per heavy atom. The molecule has 1 amide bonds. The Kier molecular flexibility index (Phi) is 5.02. The van der Waals surface area contributed by atoms with Crippen molar-refractivity contribution in [2.24, 2.45) is 0 Å². The molecule has 0 fully saturated rings. The lowest BCUT2D eigenvalue weighted by Crippen LogP contribution is -2.29. The summed E-state index contributed by atoms with van der Waals surface area (Å²) in [5.74, 6) is -0.275. The second-order valence-corrected chi connectivity index (χ2v) is 5.32. The first-order chi connectivity index (χ1) is 12.6. The van der Waals surface area contributed by atoms with Crippen molar-refractivity contribution >= 4 is 11.7 Å². The summed E-state index contributed by atoms with van der Waals surface area (Å²) in [4.78, 5) is 28.0. The van der Waals surface area contributed by atoms with Gasteiger partial charge in [0.05, 0.1) is 12.8 Å². The number of pyridine rings is 1. The molecule has 0 aliphatic carbocycles. The average molecular weight is 354 g/mol. The summed E-state index contributed by atoms with van der Waals surface area (Å²) in [6.45, 7) is -0.318. The fraction of sp³-hybridized carbons (Fsp3) is 0.111. The van der Waals surface area contributed by atoms with Crippen molar-refractivity contribution in [2.75, 3.05) is 12.4 Å². The van der Waals surface area contributed by atoms with E-state index in [9.17, 15) is 14.0 Å². The predicted molar refractivity (Wildman–Crippen MR) is 93.3 cm³/mol. The molecule has 8 heteroatoms. The van der Waals surface area contributed by atoms with E-state index in [2.05, 4.69) is 15.4 Å². The summed E-state index contributed by atoms with van der Waals surface area (Å²) in [5.41, 5.74) is -0.0427. The number of hydrogen-bond donors (Lipinski definition) is 1. The van der Waals surface area contributed by atoms with Crippen LogP contribution in [0.3, 0.4) is 0 Å². The van der Waals surface area contributed by atoms with Gasteiger partial charge in [0.15, 0.2) is 0 Å². The number of benzene rings is 1. The van der Waals surface area contributed by atoms with Gasteiger partial charge in [-0.1, -0.05) is 6.07 Å². The molecule has 0 aliphatic rings. The number of methoxy groups -OCH3 is 1. The standard InChI is InChI=1S/C18H15FN4O3/c1-26-12-5-6-13(14(19)10-12)15-7-8-18(25)23(22-15)11-17(24)21-16-4-2-3-9-20-16/h2-10H,11H2,1H3,(H,20,21,24). The van der Waals surface area contributed by atoms with E-state index < -0.39 is 17.3 Å². The maximum atomic E-state index is 14.2. The van der Waals surface area contributed by atoms with Crippen LogP contribution in [0.2, 0.25) is 0 Å². The largest absolute Gasteiger partial charge is 0.497 e. The number of amides is 1. The molecule has 0 atom stereocenters. The van der Waals surface area contributed by atoms with Gasteiger partial charge in [-0.2, -0.15) is 5.10 Å². The zero-order chi connectivity index (χ0) is 18.5. The van der Waals surface area contributed by atoms with Gasteiger partial charge in [0, 0.05) is 23.9 Å². The average Bonchev–Trinajstić information content (AvgIpc) is 2.64. The van der Waals surface area contributed by atoms with Crippen LogP contribution in [-0.4, -0.2) is 27.8 Å². The van der Waals surface area contributed by atoms with E-state index >= 15 is 0 Å². The van der Waals surface area contributed by atoms with Gasteiger partial charge < -0.3 is 10.1 Å². The Bertz CT molecular complexity index is 989. The Morgan fingerprint density at radius 1 is 1.23 bits per heavy atom. The highest BCUT2D eigenvalue weighted by Crippen LogP contribution is 2.23. The highest BCUT2D eigenvalue weighted by molar-refractivity contribution is 5.89. The van der Waals surface area contributed by atoms with E-state index in [1.165, 1.54) is 37.6 Å². The maximum absolute atomic E-state index is 14.2. The predicted octanol–water partition coefficient (Wildman–Crippen LogP) is 2.09. The van der Waals surface area contributed by atoms with Crippen molar-refractivity contribution in [1.29, 1.82) is 0 Å². The second kappa shape index (κ2) is 7.56. The molecule has 132 valence electrons. The topological polar surface area (TPSA) is 86.1 Å². The molecular formula is C18H15FN4O3. The molecule has 26 heavy (non-hydrogen) atoms. The molecule has 0 bridgehead atoms. The fourth-order valence-corrected chi connectivity index (χ4v) is 2.29. The van der Waals surface area contributed by atoms with Crippen molar-refractivity contribution in [3.63, 3.8) is 0 Å². The van der Waals surface area contributed by atoms with Crippen LogP contribution in [-0.2, 0) is 11.3 Å². The minimum Gasteiger partial charge on any atom is -0.497 e. The lowest BCUT2D eigenvalue weighted by atomic mass is 10.1. The van der Waals surface area contributed by atoms with Crippen molar-refractivity contribution in [2.45, 2.75) is 6.54 Å². The molecule has 3 aromatic rings. The van der Waals surface area contributed by atoms with Crippen LogP contribution in [0.4, 0.5) is 10.2 Å². The van der Waals surface area contributed by atoms with Gasteiger partial charge in [-0.05, 0) is 30.3 Å². The van der Waals surface area contributed by atoms with Crippen molar-refractivity contribution in [3.05, 3.63) is 70.9 Å². The smallest absolute Gasteiger partial charge is 0.267 e. The molecule has 0 unspecified atom stereocenters. The Labute approximate surface area is 148 Å². The first kappa shape index (κ1) is 17.3. The van der Waals surface area contributed by atoms with Crippen LogP contribution >= 0.6 is 0 Å². The first-order valence-electron chi connectivity index (χ1n) is 7.70. The summed E-state index contributed by atoms with van der Waals surface area (Å²) < 4.78 is 20.1. The molecule has 1 aromatic carbocycles. The van der Waals surface area contributed by atoms with Crippen molar-refractivity contribution in [3.8, 4) is 17.0 Å². The summed E-state index contributed by atoms with van der Waals surface area (Å²) >= 11 is 0. The van der Waals surface area contributed by atoms with E-state index in [1.807, 2.05) is 0 Å². The highest BCUT2D eigenvalue weighted by Gasteiger charge is 2.12. The lowest BCUT2D eigenvalue weighted by molar-refractivity contribution is -0.117. The van der Waals surface area contributed by atoms with Crippen LogP contribution < -0.4 is 15.6 Å². The van der Waals surface area contributed by atoms with E-state index in [1.54, 1.807) is 24.3 Å². The molecule has 7 nitrogen and oxygen atoms in total. The third kappa shape index (κ3) is 3.92. The Balaban J connectivity index is 1.84. The first-order valence-corrected chi connectivity index (χ1v) is 7.70. The molecule has 1 N–H and O–H groups in total. The molecular weight excluding hydrogens is 339 g/mol. The molecule has 0 radical (unpaired) electrons. The van der Waals surface area contributed by atoms with E-state index in [0.29, 0.717) is 11.6 Å². The van der Waals surface area contributed by atoms with E-state index in [0.717, 1.165) is 4.68 Å². The van der Waals surface area contributed by atoms with Gasteiger partial charge in [-0.15, -0.1) is 0 Å². The van der Waals surface area contributed by atoms with Gasteiger partial charge in [0.25, 0.3) is 5.56 Å². The molecule has 0 aliphatic heterocycles. The van der Waals surface area contributed by atoms with Gasteiger partial charge in [0.2, 0.25) is 5.91 Å². The van der Waals surface area contributed by atoms with Crippen LogP contribution in [0.1, 0.15) is 0 Å². The number of aromatic nitrogens is 3. The Morgan fingerprint density at radius 3 is 2.77 bits per heavy atom. The zero-order valence-electron chi connectivity index (χ0n) is 13.8. The highest BCUT2D eigenvalue weighted by atomic mass is 19.1. The van der Waals surface area contributed by atoms with Crippen molar-refractivity contribution < 1.29 is 13.9 Å². The normalized spacial score (nSPS) is 10.4.